The molecule has 1 aromatic rings. The Kier molecular flexibility index (Phi) is 6.94. The van der Waals surface area contributed by atoms with E-state index in [4.69, 9.17) is 9.52 Å². The van der Waals surface area contributed by atoms with Gasteiger partial charge in [-0.15, -0.1) is 0 Å². The van der Waals surface area contributed by atoms with E-state index in [2.05, 4.69) is 41.5 Å². The molecular weight excluding hydrogens is 326 g/mol. The maximum absolute atomic E-state index is 5.40. The lowest BCUT2D eigenvalue weighted by Gasteiger charge is -2.21. The van der Waals surface area contributed by atoms with Crippen LogP contribution in [0.1, 0.15) is 70.2 Å². The van der Waals surface area contributed by atoms with Crippen LogP contribution in [0.2, 0.25) is 0 Å². The Labute approximate surface area is 157 Å². The van der Waals surface area contributed by atoms with Gasteiger partial charge in [-0.2, -0.15) is 0 Å². The van der Waals surface area contributed by atoms with Crippen molar-refractivity contribution in [1.82, 2.24) is 20.7 Å². The second-order valence-electron chi connectivity index (χ2n) is 8.11. The Balaban J connectivity index is 1.49. The van der Waals surface area contributed by atoms with Crippen molar-refractivity contribution in [2.45, 2.75) is 71.4 Å². The number of guanidine groups is 1. The van der Waals surface area contributed by atoms with Gasteiger partial charge in [-0.3, -0.25) is 0 Å². The Bertz CT molecular complexity index is 577. The van der Waals surface area contributed by atoms with Crippen LogP contribution in [0, 0.1) is 5.92 Å². The predicted molar refractivity (Wildman–Crippen MR) is 105 cm³/mol. The summed E-state index contributed by atoms with van der Waals surface area (Å²) in [4.78, 5) is 7.32. The second kappa shape index (κ2) is 9.40. The van der Waals surface area contributed by atoms with Gasteiger partial charge in [0.25, 0.3) is 0 Å². The number of aromatic nitrogens is 1. The lowest BCUT2D eigenvalue weighted by atomic mass is 10.1. The van der Waals surface area contributed by atoms with Crippen LogP contribution in [0.15, 0.2) is 15.6 Å². The molecule has 0 amide bonds. The third kappa shape index (κ3) is 5.47. The van der Waals surface area contributed by atoms with Crippen LogP contribution in [0.25, 0.3) is 0 Å². The van der Waals surface area contributed by atoms with E-state index in [1.165, 1.54) is 45.2 Å². The topological polar surface area (TPSA) is 65.7 Å². The molecule has 6 heteroatoms. The van der Waals surface area contributed by atoms with Gasteiger partial charge >= 0.3 is 0 Å². The minimum absolute atomic E-state index is 0.382. The molecular formula is C20H35N5O. The van der Waals surface area contributed by atoms with E-state index in [9.17, 15) is 0 Å². The molecule has 146 valence electrons. The van der Waals surface area contributed by atoms with Gasteiger partial charge < -0.3 is 20.1 Å². The zero-order chi connectivity index (χ0) is 18.4. The van der Waals surface area contributed by atoms with Crippen LogP contribution in [0.3, 0.4) is 0 Å². The number of likely N-dealkylation sites (tertiary alicyclic amines) is 1. The van der Waals surface area contributed by atoms with Gasteiger partial charge in [0, 0.05) is 38.3 Å². The van der Waals surface area contributed by atoms with Gasteiger partial charge in [0.2, 0.25) is 0 Å². The molecule has 1 saturated carbocycles. The summed E-state index contributed by atoms with van der Waals surface area (Å²) in [5.74, 6) is 3.01. The molecule has 26 heavy (non-hydrogen) atoms. The van der Waals surface area contributed by atoms with Crippen LogP contribution >= 0.6 is 0 Å². The number of nitrogens with one attached hydrogen (secondary N) is 2. The summed E-state index contributed by atoms with van der Waals surface area (Å²) in [6, 6.07) is 2.49. The lowest BCUT2D eigenvalue weighted by molar-refractivity contribution is 0.275. The van der Waals surface area contributed by atoms with Crippen LogP contribution in [0.4, 0.5) is 0 Å². The quantitative estimate of drug-likeness (QED) is 0.577. The van der Waals surface area contributed by atoms with Crippen molar-refractivity contribution in [2.24, 2.45) is 10.9 Å². The SMILES string of the molecule is CCNC(=NCc1cc(C(C)C)no1)NC1CCN(CC2CCCC2)C1. The molecule has 1 saturated heterocycles. The molecule has 0 bridgehead atoms. The molecule has 6 nitrogen and oxygen atoms in total. The first-order valence-corrected chi connectivity index (χ1v) is 10.4. The van der Waals surface area contributed by atoms with Crippen LogP contribution in [0.5, 0.6) is 0 Å². The van der Waals surface area contributed by atoms with Crippen molar-refractivity contribution in [3.8, 4) is 0 Å². The third-order valence-electron chi connectivity index (χ3n) is 5.51. The molecule has 1 unspecified atom stereocenters. The molecule has 2 fully saturated rings. The fourth-order valence-electron chi connectivity index (χ4n) is 4.02. The Morgan fingerprint density at radius 1 is 1.35 bits per heavy atom. The molecule has 1 aliphatic carbocycles. The first kappa shape index (κ1) is 19.2. The van der Waals surface area contributed by atoms with E-state index < -0.39 is 0 Å². The maximum Gasteiger partial charge on any atom is 0.191 e. The Hall–Kier alpha value is -1.56. The highest BCUT2D eigenvalue weighted by molar-refractivity contribution is 5.80. The van der Waals surface area contributed by atoms with Gasteiger partial charge in [-0.05, 0) is 38.0 Å². The highest BCUT2D eigenvalue weighted by Gasteiger charge is 2.26. The van der Waals surface area contributed by atoms with Crippen molar-refractivity contribution in [3.63, 3.8) is 0 Å². The predicted octanol–water partition coefficient (Wildman–Crippen LogP) is 3.12. The molecule has 2 aliphatic rings. The van der Waals surface area contributed by atoms with Crippen molar-refractivity contribution >= 4 is 5.96 Å². The number of hydrogen-bond acceptors (Lipinski definition) is 4. The minimum atomic E-state index is 0.382. The van der Waals surface area contributed by atoms with E-state index in [1.54, 1.807) is 0 Å². The van der Waals surface area contributed by atoms with Crippen LogP contribution < -0.4 is 10.6 Å². The van der Waals surface area contributed by atoms with Gasteiger partial charge in [0.05, 0.1) is 5.69 Å². The summed E-state index contributed by atoms with van der Waals surface area (Å²) >= 11 is 0. The summed E-state index contributed by atoms with van der Waals surface area (Å²) in [6.07, 6.45) is 6.90. The Morgan fingerprint density at radius 2 is 2.15 bits per heavy atom. The summed E-state index contributed by atoms with van der Waals surface area (Å²) < 4.78 is 5.40. The highest BCUT2D eigenvalue weighted by Crippen LogP contribution is 2.26. The van der Waals surface area contributed by atoms with Gasteiger partial charge in [0.1, 0.15) is 6.54 Å². The Morgan fingerprint density at radius 3 is 2.85 bits per heavy atom. The smallest absolute Gasteiger partial charge is 0.191 e. The number of rotatable bonds is 7. The summed E-state index contributed by atoms with van der Waals surface area (Å²) in [6.45, 7) is 11.3. The zero-order valence-corrected chi connectivity index (χ0v) is 16.6. The highest BCUT2D eigenvalue weighted by atomic mass is 16.5. The fourth-order valence-corrected chi connectivity index (χ4v) is 4.02. The summed E-state index contributed by atoms with van der Waals surface area (Å²) in [7, 11) is 0. The normalized spacial score (nSPS) is 22.5. The minimum Gasteiger partial charge on any atom is -0.359 e. The molecule has 2 N–H and O–H groups in total. The summed E-state index contributed by atoms with van der Waals surface area (Å²) in [5.41, 5.74) is 0.992. The first-order valence-electron chi connectivity index (χ1n) is 10.4. The standard InChI is InChI=1S/C20H35N5O/c1-4-21-20(22-12-18-11-19(15(2)3)24-26-18)23-17-9-10-25(14-17)13-16-7-5-6-8-16/h11,15-17H,4-10,12-14H2,1-3H3,(H2,21,22,23). The zero-order valence-electron chi connectivity index (χ0n) is 16.6. The monoisotopic (exact) mass is 361 g/mol. The molecule has 2 heterocycles. The average molecular weight is 362 g/mol. The van der Waals surface area contributed by atoms with Gasteiger partial charge in [-0.1, -0.05) is 31.8 Å². The third-order valence-corrected chi connectivity index (χ3v) is 5.51. The largest absolute Gasteiger partial charge is 0.359 e. The van der Waals surface area contributed by atoms with E-state index in [-0.39, 0.29) is 0 Å². The molecule has 0 radical (unpaired) electrons. The first-order chi connectivity index (χ1) is 12.6. The molecule has 0 aromatic carbocycles. The maximum atomic E-state index is 5.40. The van der Waals surface area contributed by atoms with Crippen molar-refractivity contribution < 1.29 is 4.52 Å². The van der Waals surface area contributed by atoms with E-state index in [0.717, 1.165) is 36.4 Å². The molecule has 1 aromatic heterocycles. The van der Waals surface area contributed by atoms with Crippen molar-refractivity contribution in [1.29, 1.82) is 0 Å². The fraction of sp³-hybridized carbons (Fsp3) is 0.800. The van der Waals surface area contributed by atoms with Crippen LogP contribution in [-0.4, -0.2) is 48.2 Å². The van der Waals surface area contributed by atoms with E-state index >= 15 is 0 Å². The lowest BCUT2D eigenvalue weighted by Crippen LogP contribution is -2.44. The van der Waals surface area contributed by atoms with E-state index in [0.29, 0.717) is 18.5 Å². The van der Waals surface area contributed by atoms with Gasteiger partial charge in [-0.25, -0.2) is 4.99 Å². The van der Waals surface area contributed by atoms with Crippen LogP contribution in [-0.2, 0) is 6.54 Å². The number of nitrogens with zero attached hydrogens (tertiary/aromatic N) is 3. The van der Waals surface area contributed by atoms with Gasteiger partial charge in [0.15, 0.2) is 11.7 Å². The molecule has 3 rings (SSSR count). The second-order valence-corrected chi connectivity index (χ2v) is 8.11. The number of hydrogen-bond donors (Lipinski definition) is 2. The molecule has 1 atom stereocenters. The van der Waals surface area contributed by atoms with Crippen molar-refractivity contribution in [3.05, 3.63) is 17.5 Å². The van der Waals surface area contributed by atoms with Crippen molar-refractivity contribution in [2.75, 3.05) is 26.2 Å². The average Bonchev–Trinajstić information content (AvgIpc) is 3.35. The molecule has 0 spiro atoms. The summed E-state index contributed by atoms with van der Waals surface area (Å²) in [5, 5.41) is 11.1. The van der Waals surface area contributed by atoms with E-state index in [1.807, 2.05) is 6.07 Å². The molecule has 1 aliphatic heterocycles. The number of aliphatic imine (C=N–C) groups is 1.